The number of rotatable bonds is 7. The fourth-order valence-corrected chi connectivity index (χ4v) is 1.71. The summed E-state index contributed by atoms with van der Waals surface area (Å²) in [4.78, 5) is 8.27. The minimum Gasteiger partial charge on any atom is -0.394 e. The molecule has 0 radical (unpaired) electrons. The summed E-state index contributed by atoms with van der Waals surface area (Å²) in [6, 6.07) is -0.215. The van der Waals surface area contributed by atoms with Gasteiger partial charge in [0.15, 0.2) is 0 Å². The van der Waals surface area contributed by atoms with Gasteiger partial charge in [-0.25, -0.2) is 15.8 Å². The van der Waals surface area contributed by atoms with Crippen molar-refractivity contribution in [2.45, 2.75) is 25.8 Å². The van der Waals surface area contributed by atoms with Crippen LogP contribution in [0.3, 0.4) is 0 Å². The van der Waals surface area contributed by atoms with E-state index in [2.05, 4.69) is 20.7 Å². The first kappa shape index (κ1) is 14.6. The van der Waals surface area contributed by atoms with Gasteiger partial charge in [-0.2, -0.15) is 0 Å². The number of nitrogen functional groups attached to an aromatic ring is 1. The molecule has 0 fully saturated rings. The molecule has 1 heterocycles. The number of aromatic nitrogens is 2. The summed E-state index contributed by atoms with van der Waals surface area (Å²) < 4.78 is 5.02. The smallest absolute Gasteiger partial charge is 0.148 e. The number of nitrogens with one attached hydrogen (secondary N) is 2. The quantitative estimate of drug-likeness (QED) is 0.410. The number of hydrogen-bond acceptors (Lipinski definition) is 7. The number of aliphatic hydroxyl groups is 1. The van der Waals surface area contributed by atoms with Crippen LogP contribution >= 0.6 is 0 Å². The molecule has 0 saturated heterocycles. The van der Waals surface area contributed by atoms with Gasteiger partial charge in [0, 0.05) is 12.7 Å². The van der Waals surface area contributed by atoms with Crippen LogP contribution < -0.4 is 16.6 Å². The van der Waals surface area contributed by atoms with Gasteiger partial charge in [0.2, 0.25) is 0 Å². The van der Waals surface area contributed by atoms with Gasteiger partial charge in [0.05, 0.1) is 19.3 Å². The molecule has 1 aromatic rings. The first-order chi connectivity index (χ1) is 8.63. The zero-order chi connectivity index (χ0) is 13.5. The fourth-order valence-electron chi connectivity index (χ4n) is 1.71. The van der Waals surface area contributed by atoms with Crippen molar-refractivity contribution in [3.05, 3.63) is 11.9 Å². The van der Waals surface area contributed by atoms with E-state index in [9.17, 15) is 5.11 Å². The first-order valence-electron chi connectivity index (χ1n) is 5.81. The second-order valence-corrected chi connectivity index (χ2v) is 4.26. The highest BCUT2D eigenvalue weighted by Crippen LogP contribution is 2.27. The van der Waals surface area contributed by atoms with E-state index in [1.54, 1.807) is 7.11 Å². The van der Waals surface area contributed by atoms with Gasteiger partial charge in [0.25, 0.3) is 0 Å². The van der Waals surface area contributed by atoms with E-state index in [-0.39, 0.29) is 18.6 Å². The molecule has 5 N–H and O–H groups in total. The molecule has 1 rings (SSSR count). The largest absolute Gasteiger partial charge is 0.394 e. The number of methoxy groups -OCH3 is 1. The molecule has 1 unspecified atom stereocenters. The van der Waals surface area contributed by atoms with E-state index in [4.69, 9.17) is 10.6 Å². The zero-order valence-electron chi connectivity index (χ0n) is 11.0. The Labute approximate surface area is 107 Å². The molecular formula is C11H21N5O2. The molecule has 7 heteroatoms. The van der Waals surface area contributed by atoms with Crippen molar-refractivity contribution in [1.29, 1.82) is 0 Å². The molecule has 102 valence electrons. The van der Waals surface area contributed by atoms with Crippen LogP contribution in [0.25, 0.3) is 0 Å². The van der Waals surface area contributed by atoms with Crippen molar-refractivity contribution in [2.75, 3.05) is 31.1 Å². The fraction of sp³-hybridized carbons (Fsp3) is 0.636. The summed E-state index contributed by atoms with van der Waals surface area (Å²) in [5.41, 5.74) is 3.44. The highest BCUT2D eigenvalue weighted by Gasteiger charge is 2.17. The Hall–Kier alpha value is -1.44. The van der Waals surface area contributed by atoms with E-state index in [0.29, 0.717) is 18.2 Å². The van der Waals surface area contributed by atoms with Gasteiger partial charge in [-0.1, -0.05) is 13.8 Å². The second kappa shape index (κ2) is 7.10. The second-order valence-electron chi connectivity index (χ2n) is 4.26. The Morgan fingerprint density at radius 2 is 2.06 bits per heavy atom. The lowest BCUT2D eigenvalue weighted by atomic mass is 10.0. The minimum atomic E-state index is -0.215. The van der Waals surface area contributed by atoms with Crippen LogP contribution in [0.15, 0.2) is 6.33 Å². The van der Waals surface area contributed by atoms with Crippen LogP contribution in [0, 0.1) is 0 Å². The maximum atomic E-state index is 9.25. The van der Waals surface area contributed by atoms with Crippen LogP contribution in [0.1, 0.15) is 25.3 Å². The molecule has 1 atom stereocenters. The molecule has 1 aromatic heterocycles. The lowest BCUT2D eigenvalue weighted by Gasteiger charge is -2.20. The summed E-state index contributed by atoms with van der Waals surface area (Å²) in [7, 11) is 1.58. The number of anilines is 2. The number of ether oxygens (including phenoxy) is 1. The standard InChI is InChI=1S/C11H21N5O2/c1-7(2)9-10(13-6-14-11(9)16-12)15-8(4-17)5-18-3/h6-8,17H,4-5,12H2,1-3H3,(H2,13,14,15,16). The molecule has 18 heavy (non-hydrogen) atoms. The van der Waals surface area contributed by atoms with Crippen LogP contribution in [-0.2, 0) is 4.74 Å². The predicted octanol–water partition coefficient (Wildman–Crippen LogP) is 0.305. The van der Waals surface area contributed by atoms with Gasteiger partial charge in [0.1, 0.15) is 18.0 Å². The molecule has 0 aliphatic carbocycles. The Morgan fingerprint density at radius 3 is 2.56 bits per heavy atom. The number of nitrogens with zero attached hydrogens (tertiary/aromatic N) is 2. The molecule has 0 aliphatic rings. The Bertz CT molecular complexity index is 372. The van der Waals surface area contributed by atoms with Crippen LogP contribution in [-0.4, -0.2) is 41.4 Å². The number of aliphatic hydroxyl groups excluding tert-OH is 1. The third kappa shape index (κ3) is 3.52. The summed E-state index contributed by atoms with van der Waals surface area (Å²) in [5.74, 6) is 6.87. The van der Waals surface area contributed by atoms with Gasteiger partial charge in [-0.05, 0) is 5.92 Å². The van der Waals surface area contributed by atoms with Crippen molar-refractivity contribution in [3.8, 4) is 0 Å². The van der Waals surface area contributed by atoms with E-state index in [1.807, 2.05) is 13.8 Å². The topological polar surface area (TPSA) is 105 Å². The van der Waals surface area contributed by atoms with Crippen LogP contribution in [0.4, 0.5) is 11.6 Å². The average Bonchev–Trinajstić information content (AvgIpc) is 2.37. The summed E-state index contributed by atoms with van der Waals surface area (Å²) in [6.07, 6.45) is 1.42. The summed E-state index contributed by atoms with van der Waals surface area (Å²) in [5, 5.41) is 12.4. The maximum Gasteiger partial charge on any atom is 0.148 e. The Kier molecular flexibility index (Phi) is 5.76. The molecule has 0 bridgehead atoms. The molecule has 0 saturated carbocycles. The van der Waals surface area contributed by atoms with Crippen molar-refractivity contribution in [1.82, 2.24) is 9.97 Å². The maximum absolute atomic E-state index is 9.25. The average molecular weight is 255 g/mol. The number of nitrogens with two attached hydrogens (primary N) is 1. The molecule has 0 aromatic carbocycles. The van der Waals surface area contributed by atoms with E-state index >= 15 is 0 Å². The van der Waals surface area contributed by atoms with Crippen molar-refractivity contribution < 1.29 is 9.84 Å². The zero-order valence-corrected chi connectivity index (χ0v) is 11.0. The van der Waals surface area contributed by atoms with Gasteiger partial charge < -0.3 is 20.6 Å². The summed E-state index contributed by atoms with van der Waals surface area (Å²) in [6.45, 7) is 4.40. The first-order valence-corrected chi connectivity index (χ1v) is 5.81. The van der Waals surface area contributed by atoms with Crippen molar-refractivity contribution >= 4 is 11.6 Å². The lowest BCUT2D eigenvalue weighted by molar-refractivity contribution is 0.153. The Balaban J connectivity index is 3.00. The number of hydrazine groups is 1. The molecule has 0 amide bonds. The van der Waals surface area contributed by atoms with Gasteiger partial charge in [-0.15, -0.1) is 0 Å². The third-order valence-corrected chi connectivity index (χ3v) is 2.53. The van der Waals surface area contributed by atoms with E-state index in [1.165, 1.54) is 6.33 Å². The minimum absolute atomic E-state index is 0.0409. The Morgan fingerprint density at radius 1 is 1.39 bits per heavy atom. The highest BCUT2D eigenvalue weighted by atomic mass is 16.5. The molecular weight excluding hydrogens is 234 g/mol. The SMILES string of the molecule is COCC(CO)Nc1ncnc(NN)c1C(C)C. The third-order valence-electron chi connectivity index (χ3n) is 2.53. The molecule has 7 nitrogen and oxygen atoms in total. The highest BCUT2D eigenvalue weighted by molar-refractivity contribution is 5.58. The predicted molar refractivity (Wildman–Crippen MR) is 70.3 cm³/mol. The van der Waals surface area contributed by atoms with Gasteiger partial charge >= 0.3 is 0 Å². The van der Waals surface area contributed by atoms with E-state index in [0.717, 1.165) is 5.56 Å². The van der Waals surface area contributed by atoms with Crippen LogP contribution in [0.5, 0.6) is 0 Å². The molecule has 0 aliphatic heterocycles. The molecule has 0 spiro atoms. The lowest BCUT2D eigenvalue weighted by Crippen LogP contribution is -2.30. The number of hydrogen-bond donors (Lipinski definition) is 4. The van der Waals surface area contributed by atoms with E-state index < -0.39 is 0 Å². The van der Waals surface area contributed by atoms with Crippen molar-refractivity contribution in [3.63, 3.8) is 0 Å². The van der Waals surface area contributed by atoms with Gasteiger partial charge in [-0.3, -0.25) is 0 Å². The van der Waals surface area contributed by atoms with Crippen molar-refractivity contribution in [2.24, 2.45) is 5.84 Å². The monoisotopic (exact) mass is 255 g/mol. The normalized spacial score (nSPS) is 12.6. The van der Waals surface area contributed by atoms with Crippen LogP contribution in [0.2, 0.25) is 0 Å². The summed E-state index contributed by atoms with van der Waals surface area (Å²) >= 11 is 0.